The smallest absolute Gasteiger partial charge is 0.286 e. The monoisotopic (exact) mass is 330 g/mol. The van der Waals surface area contributed by atoms with Gasteiger partial charge in [-0.15, -0.1) is 0 Å². The van der Waals surface area contributed by atoms with Crippen LogP contribution in [-0.4, -0.2) is 31.5 Å². The fraction of sp³-hybridized carbons (Fsp3) is 0.333. The van der Waals surface area contributed by atoms with E-state index in [2.05, 4.69) is 10.6 Å². The highest BCUT2D eigenvalue weighted by atomic mass is 16.5. The maximum absolute atomic E-state index is 11.6. The minimum Gasteiger partial charge on any atom is -0.459 e. The number of benzene rings is 1. The van der Waals surface area contributed by atoms with Crippen LogP contribution in [0.1, 0.15) is 29.0 Å². The number of hydrogen-bond acceptors (Lipinski definition) is 4. The van der Waals surface area contributed by atoms with Gasteiger partial charge in [-0.25, -0.2) is 0 Å². The second kappa shape index (κ2) is 10.2. The van der Waals surface area contributed by atoms with Crippen LogP contribution >= 0.6 is 0 Å². The van der Waals surface area contributed by atoms with E-state index in [1.807, 2.05) is 30.3 Å². The fourth-order valence-corrected chi connectivity index (χ4v) is 2.04. The lowest BCUT2D eigenvalue weighted by atomic mass is 10.2. The zero-order valence-corrected chi connectivity index (χ0v) is 13.5. The van der Waals surface area contributed by atoms with Gasteiger partial charge in [0.2, 0.25) is 5.91 Å². The molecule has 0 radical (unpaired) electrons. The predicted molar refractivity (Wildman–Crippen MR) is 89.4 cm³/mol. The van der Waals surface area contributed by atoms with Crippen LogP contribution in [-0.2, 0) is 16.1 Å². The Morgan fingerprint density at radius 2 is 1.83 bits per heavy atom. The van der Waals surface area contributed by atoms with Crippen LogP contribution < -0.4 is 10.6 Å². The summed E-state index contributed by atoms with van der Waals surface area (Å²) >= 11 is 0. The molecule has 1 aromatic heterocycles. The zero-order chi connectivity index (χ0) is 17.0. The Morgan fingerprint density at radius 1 is 1.00 bits per heavy atom. The van der Waals surface area contributed by atoms with E-state index in [9.17, 15) is 9.59 Å². The molecule has 0 aliphatic heterocycles. The summed E-state index contributed by atoms with van der Waals surface area (Å²) in [5.41, 5.74) is 1.13. The van der Waals surface area contributed by atoms with Crippen LogP contribution in [0.25, 0.3) is 0 Å². The van der Waals surface area contributed by atoms with Crippen molar-refractivity contribution in [2.75, 3.05) is 19.7 Å². The van der Waals surface area contributed by atoms with Gasteiger partial charge in [-0.1, -0.05) is 30.3 Å². The molecule has 0 fully saturated rings. The molecular formula is C18H22N2O4. The summed E-state index contributed by atoms with van der Waals surface area (Å²) in [6.07, 6.45) is 2.41. The molecule has 6 nitrogen and oxygen atoms in total. The summed E-state index contributed by atoms with van der Waals surface area (Å²) in [5, 5.41) is 5.42. The molecule has 1 heterocycles. The SMILES string of the molecule is O=C(CCNC(=O)c1ccco1)NCCCOCc1ccccc1. The topological polar surface area (TPSA) is 80.6 Å². The van der Waals surface area contributed by atoms with Crippen molar-refractivity contribution in [3.05, 3.63) is 60.1 Å². The Balaban J connectivity index is 1.46. The van der Waals surface area contributed by atoms with Gasteiger partial charge in [-0.3, -0.25) is 9.59 Å². The van der Waals surface area contributed by atoms with Crippen LogP contribution in [0.4, 0.5) is 0 Å². The first-order valence-corrected chi connectivity index (χ1v) is 7.96. The van der Waals surface area contributed by atoms with Gasteiger partial charge in [0.25, 0.3) is 5.91 Å². The Bertz CT molecular complexity index is 611. The molecule has 1 aromatic carbocycles. The summed E-state index contributed by atoms with van der Waals surface area (Å²) < 4.78 is 10.5. The van der Waals surface area contributed by atoms with E-state index in [1.54, 1.807) is 12.1 Å². The molecule has 6 heteroatoms. The maximum atomic E-state index is 11.6. The number of furan rings is 1. The first kappa shape index (κ1) is 17.7. The third-order valence-electron chi connectivity index (χ3n) is 3.28. The quantitative estimate of drug-likeness (QED) is 0.654. The number of hydrogen-bond donors (Lipinski definition) is 2. The lowest BCUT2D eigenvalue weighted by Gasteiger charge is -2.07. The van der Waals surface area contributed by atoms with E-state index >= 15 is 0 Å². The zero-order valence-electron chi connectivity index (χ0n) is 13.5. The van der Waals surface area contributed by atoms with Crippen molar-refractivity contribution < 1.29 is 18.7 Å². The first-order valence-electron chi connectivity index (χ1n) is 7.96. The van der Waals surface area contributed by atoms with Crippen LogP contribution in [0.15, 0.2) is 53.1 Å². The van der Waals surface area contributed by atoms with Gasteiger partial charge in [-0.05, 0) is 24.1 Å². The van der Waals surface area contributed by atoms with E-state index in [0.29, 0.717) is 19.8 Å². The van der Waals surface area contributed by atoms with Gasteiger partial charge in [0, 0.05) is 26.1 Å². The van der Waals surface area contributed by atoms with E-state index in [4.69, 9.17) is 9.15 Å². The Morgan fingerprint density at radius 3 is 2.58 bits per heavy atom. The lowest BCUT2D eigenvalue weighted by molar-refractivity contribution is -0.121. The Hall–Kier alpha value is -2.60. The van der Waals surface area contributed by atoms with Crippen molar-refractivity contribution in [3.8, 4) is 0 Å². The second-order valence-corrected chi connectivity index (χ2v) is 5.22. The summed E-state index contributed by atoms with van der Waals surface area (Å²) in [5.74, 6) is -0.175. The molecule has 2 rings (SSSR count). The molecule has 0 saturated heterocycles. The number of carbonyl (C=O) groups is 2. The molecule has 2 aromatic rings. The van der Waals surface area contributed by atoms with Crippen molar-refractivity contribution in [1.29, 1.82) is 0 Å². The summed E-state index contributed by atoms with van der Waals surface area (Å²) in [6, 6.07) is 13.2. The molecule has 0 aliphatic carbocycles. The molecule has 0 bridgehead atoms. The van der Waals surface area contributed by atoms with Gasteiger partial charge in [-0.2, -0.15) is 0 Å². The maximum Gasteiger partial charge on any atom is 0.286 e. The minimum absolute atomic E-state index is 0.0993. The molecule has 2 amide bonds. The molecule has 0 unspecified atom stereocenters. The van der Waals surface area contributed by atoms with E-state index < -0.39 is 0 Å². The van der Waals surface area contributed by atoms with Crippen LogP contribution in [0.5, 0.6) is 0 Å². The summed E-state index contributed by atoms with van der Waals surface area (Å²) in [4.78, 5) is 23.2. The number of carbonyl (C=O) groups excluding carboxylic acids is 2. The lowest BCUT2D eigenvalue weighted by Crippen LogP contribution is -2.31. The van der Waals surface area contributed by atoms with Crippen molar-refractivity contribution in [2.24, 2.45) is 0 Å². The van der Waals surface area contributed by atoms with Crippen molar-refractivity contribution >= 4 is 11.8 Å². The Kier molecular flexibility index (Phi) is 7.56. The number of nitrogens with one attached hydrogen (secondary N) is 2. The molecule has 0 saturated carbocycles. The van der Waals surface area contributed by atoms with Gasteiger partial charge in [0.1, 0.15) is 0 Å². The van der Waals surface area contributed by atoms with Crippen LogP contribution in [0.3, 0.4) is 0 Å². The Labute approximate surface area is 141 Å². The molecule has 0 atom stereocenters. The van der Waals surface area contributed by atoms with Gasteiger partial charge >= 0.3 is 0 Å². The van der Waals surface area contributed by atoms with E-state index in [-0.39, 0.29) is 30.5 Å². The highest BCUT2D eigenvalue weighted by Crippen LogP contribution is 2.00. The number of rotatable bonds is 10. The fourth-order valence-electron chi connectivity index (χ4n) is 2.04. The van der Waals surface area contributed by atoms with E-state index in [1.165, 1.54) is 6.26 Å². The molecule has 0 aliphatic rings. The highest BCUT2D eigenvalue weighted by Gasteiger charge is 2.08. The molecule has 128 valence electrons. The predicted octanol–water partition coefficient (Wildman–Crippen LogP) is 2.12. The van der Waals surface area contributed by atoms with Crippen molar-refractivity contribution in [1.82, 2.24) is 10.6 Å². The number of amides is 2. The highest BCUT2D eigenvalue weighted by molar-refractivity contribution is 5.91. The molecule has 24 heavy (non-hydrogen) atoms. The van der Waals surface area contributed by atoms with Gasteiger partial charge in [0.15, 0.2) is 5.76 Å². The molecule has 2 N–H and O–H groups in total. The van der Waals surface area contributed by atoms with Crippen LogP contribution in [0, 0.1) is 0 Å². The summed E-state index contributed by atoms with van der Waals surface area (Å²) in [7, 11) is 0. The van der Waals surface area contributed by atoms with E-state index in [0.717, 1.165) is 12.0 Å². The third kappa shape index (κ3) is 6.66. The third-order valence-corrected chi connectivity index (χ3v) is 3.28. The first-order chi connectivity index (χ1) is 11.8. The molecule has 0 spiro atoms. The van der Waals surface area contributed by atoms with Crippen LogP contribution in [0.2, 0.25) is 0 Å². The van der Waals surface area contributed by atoms with Crippen molar-refractivity contribution in [2.45, 2.75) is 19.4 Å². The standard InChI is InChI=1S/C18H22N2O4/c21-17(9-11-20-18(22)16-8-4-13-24-16)19-10-5-12-23-14-15-6-2-1-3-7-15/h1-4,6-8,13H,5,9-12,14H2,(H,19,21)(H,20,22). The second-order valence-electron chi connectivity index (χ2n) is 5.22. The molecular weight excluding hydrogens is 308 g/mol. The largest absolute Gasteiger partial charge is 0.459 e. The average Bonchev–Trinajstić information content (AvgIpc) is 3.13. The minimum atomic E-state index is -0.317. The van der Waals surface area contributed by atoms with Gasteiger partial charge < -0.3 is 19.8 Å². The number of ether oxygens (including phenoxy) is 1. The normalized spacial score (nSPS) is 10.3. The summed E-state index contributed by atoms with van der Waals surface area (Å²) in [6.45, 7) is 1.99. The van der Waals surface area contributed by atoms with Gasteiger partial charge in [0.05, 0.1) is 12.9 Å². The average molecular weight is 330 g/mol. The van der Waals surface area contributed by atoms with Crippen molar-refractivity contribution in [3.63, 3.8) is 0 Å².